The van der Waals surface area contributed by atoms with Crippen LogP contribution in [0.5, 0.6) is 0 Å². The first-order chi connectivity index (χ1) is 8.90. The molecule has 1 nitrogen and oxygen atoms in total. The van der Waals surface area contributed by atoms with Crippen molar-refractivity contribution in [2.75, 3.05) is 0 Å². The fourth-order valence-corrected chi connectivity index (χ4v) is 2.53. The van der Waals surface area contributed by atoms with E-state index in [1.165, 1.54) is 0 Å². The SMILES string of the molecule is Cc1ccc(C(O)c2c(F)cc(F)cc2F)c(Br)c1. The molecular weight excluding hydrogens is 321 g/mol. The molecule has 0 fully saturated rings. The van der Waals surface area contributed by atoms with E-state index in [4.69, 9.17) is 0 Å². The van der Waals surface area contributed by atoms with Crippen molar-refractivity contribution in [2.24, 2.45) is 0 Å². The molecule has 1 unspecified atom stereocenters. The molecule has 5 heteroatoms. The maximum absolute atomic E-state index is 13.6. The predicted octanol–water partition coefficient (Wildman–Crippen LogP) is 4.26. The number of aryl methyl sites for hydroxylation is 1. The number of rotatable bonds is 2. The van der Waals surface area contributed by atoms with Gasteiger partial charge in [0.25, 0.3) is 0 Å². The Morgan fingerprint density at radius 1 is 1.05 bits per heavy atom. The number of aliphatic hydroxyl groups excluding tert-OH is 1. The van der Waals surface area contributed by atoms with Gasteiger partial charge in [-0.1, -0.05) is 28.1 Å². The van der Waals surface area contributed by atoms with E-state index in [-0.39, 0.29) is 0 Å². The van der Waals surface area contributed by atoms with Crippen molar-refractivity contribution in [3.8, 4) is 0 Å². The van der Waals surface area contributed by atoms with Gasteiger partial charge >= 0.3 is 0 Å². The Morgan fingerprint density at radius 2 is 1.63 bits per heavy atom. The van der Waals surface area contributed by atoms with E-state index in [1.54, 1.807) is 18.2 Å². The van der Waals surface area contributed by atoms with Gasteiger partial charge in [-0.05, 0) is 24.1 Å². The van der Waals surface area contributed by atoms with Crippen LogP contribution >= 0.6 is 15.9 Å². The summed E-state index contributed by atoms with van der Waals surface area (Å²) in [6.07, 6.45) is -1.50. The van der Waals surface area contributed by atoms with E-state index in [0.29, 0.717) is 22.2 Å². The lowest BCUT2D eigenvalue weighted by Gasteiger charge is -2.15. The third kappa shape index (κ3) is 2.82. The van der Waals surface area contributed by atoms with Crippen LogP contribution in [0, 0.1) is 24.4 Å². The molecule has 100 valence electrons. The smallest absolute Gasteiger partial charge is 0.135 e. The van der Waals surface area contributed by atoms with Crippen LogP contribution in [0.25, 0.3) is 0 Å². The maximum Gasteiger partial charge on any atom is 0.135 e. The van der Waals surface area contributed by atoms with Gasteiger partial charge in [0.05, 0.1) is 5.56 Å². The molecule has 0 aliphatic rings. The zero-order chi connectivity index (χ0) is 14.2. The Balaban J connectivity index is 2.53. The van der Waals surface area contributed by atoms with E-state index < -0.39 is 29.1 Å². The van der Waals surface area contributed by atoms with Gasteiger partial charge in [-0.3, -0.25) is 0 Å². The number of halogens is 4. The first-order valence-electron chi connectivity index (χ1n) is 5.48. The monoisotopic (exact) mass is 330 g/mol. The van der Waals surface area contributed by atoms with Crippen molar-refractivity contribution in [1.29, 1.82) is 0 Å². The van der Waals surface area contributed by atoms with Gasteiger partial charge < -0.3 is 5.11 Å². The predicted molar refractivity (Wildman–Crippen MR) is 69.3 cm³/mol. The van der Waals surface area contributed by atoms with Crippen LogP contribution in [0.1, 0.15) is 22.8 Å². The van der Waals surface area contributed by atoms with Gasteiger partial charge in [-0.2, -0.15) is 0 Å². The van der Waals surface area contributed by atoms with Gasteiger partial charge in [0.15, 0.2) is 0 Å². The van der Waals surface area contributed by atoms with Crippen LogP contribution < -0.4 is 0 Å². The van der Waals surface area contributed by atoms with Crippen LogP contribution in [0.2, 0.25) is 0 Å². The van der Waals surface area contributed by atoms with E-state index in [2.05, 4.69) is 15.9 Å². The minimum absolute atomic E-state index is 0.315. The summed E-state index contributed by atoms with van der Waals surface area (Å²) in [5, 5.41) is 10.1. The van der Waals surface area contributed by atoms with Crippen LogP contribution in [0.4, 0.5) is 13.2 Å². The zero-order valence-corrected chi connectivity index (χ0v) is 11.5. The lowest BCUT2D eigenvalue weighted by molar-refractivity contribution is 0.208. The Hall–Kier alpha value is -1.33. The van der Waals surface area contributed by atoms with Crippen LogP contribution in [0.15, 0.2) is 34.8 Å². The van der Waals surface area contributed by atoms with Crippen molar-refractivity contribution < 1.29 is 18.3 Å². The molecule has 0 amide bonds. The fraction of sp³-hybridized carbons (Fsp3) is 0.143. The summed E-state index contributed by atoms with van der Waals surface area (Å²) in [4.78, 5) is 0. The molecule has 0 radical (unpaired) electrons. The maximum atomic E-state index is 13.6. The highest BCUT2D eigenvalue weighted by Crippen LogP contribution is 2.32. The van der Waals surface area contributed by atoms with Crippen LogP contribution in [-0.4, -0.2) is 5.11 Å². The zero-order valence-electron chi connectivity index (χ0n) is 9.92. The molecule has 0 spiro atoms. The van der Waals surface area contributed by atoms with Crippen molar-refractivity contribution in [3.05, 3.63) is 68.9 Å². The fourth-order valence-electron chi connectivity index (χ4n) is 1.82. The minimum Gasteiger partial charge on any atom is -0.383 e. The second-order valence-electron chi connectivity index (χ2n) is 4.21. The van der Waals surface area contributed by atoms with Crippen molar-refractivity contribution >= 4 is 15.9 Å². The lowest BCUT2D eigenvalue weighted by atomic mass is 9.99. The number of hydrogen-bond acceptors (Lipinski definition) is 1. The van der Waals surface area contributed by atoms with Gasteiger partial charge in [0, 0.05) is 16.6 Å². The number of aliphatic hydroxyl groups is 1. The number of benzene rings is 2. The average molecular weight is 331 g/mol. The lowest BCUT2D eigenvalue weighted by Crippen LogP contribution is -2.07. The van der Waals surface area contributed by atoms with E-state index in [9.17, 15) is 18.3 Å². The van der Waals surface area contributed by atoms with Gasteiger partial charge in [-0.15, -0.1) is 0 Å². The summed E-state index contributed by atoms with van der Waals surface area (Å²) in [5.41, 5.74) is 0.684. The normalized spacial score (nSPS) is 12.5. The van der Waals surface area contributed by atoms with Gasteiger partial charge in [-0.25, -0.2) is 13.2 Å². The standard InChI is InChI=1S/C14H10BrF3O/c1-7-2-3-9(10(15)4-7)14(19)13-11(17)5-8(16)6-12(13)18/h2-6,14,19H,1H3. The second-order valence-corrected chi connectivity index (χ2v) is 5.06. The molecule has 0 aliphatic heterocycles. The first kappa shape index (κ1) is 14.1. The Kier molecular flexibility index (Phi) is 3.96. The molecule has 0 heterocycles. The molecule has 2 rings (SSSR count). The summed E-state index contributed by atoms with van der Waals surface area (Å²) >= 11 is 3.23. The number of hydrogen-bond donors (Lipinski definition) is 1. The molecule has 2 aromatic rings. The quantitative estimate of drug-likeness (QED) is 0.872. The van der Waals surface area contributed by atoms with Gasteiger partial charge in [0.2, 0.25) is 0 Å². The molecule has 1 atom stereocenters. The van der Waals surface area contributed by atoms with Crippen LogP contribution in [-0.2, 0) is 0 Å². The van der Waals surface area contributed by atoms with E-state index in [0.717, 1.165) is 5.56 Å². The topological polar surface area (TPSA) is 20.2 Å². The summed E-state index contributed by atoms with van der Waals surface area (Å²) in [6, 6.07) is 6.08. The molecule has 0 bridgehead atoms. The Bertz CT molecular complexity index is 605. The molecule has 19 heavy (non-hydrogen) atoms. The summed E-state index contributed by atoms with van der Waals surface area (Å²) in [6.45, 7) is 1.85. The average Bonchev–Trinajstić information content (AvgIpc) is 2.26. The summed E-state index contributed by atoms with van der Waals surface area (Å²) in [5.74, 6) is -3.25. The first-order valence-corrected chi connectivity index (χ1v) is 6.28. The molecule has 0 aromatic heterocycles. The highest BCUT2D eigenvalue weighted by Gasteiger charge is 2.22. The molecular formula is C14H10BrF3O. The molecule has 0 saturated heterocycles. The highest BCUT2D eigenvalue weighted by atomic mass is 79.9. The second kappa shape index (κ2) is 5.35. The summed E-state index contributed by atoms with van der Waals surface area (Å²) < 4.78 is 40.6. The third-order valence-corrected chi connectivity index (χ3v) is 3.45. The van der Waals surface area contributed by atoms with Crippen molar-refractivity contribution in [1.82, 2.24) is 0 Å². The van der Waals surface area contributed by atoms with E-state index >= 15 is 0 Å². The third-order valence-electron chi connectivity index (χ3n) is 2.77. The molecule has 0 saturated carbocycles. The Morgan fingerprint density at radius 3 is 2.16 bits per heavy atom. The minimum atomic E-state index is -1.50. The van der Waals surface area contributed by atoms with Crippen molar-refractivity contribution in [2.45, 2.75) is 13.0 Å². The van der Waals surface area contributed by atoms with Crippen molar-refractivity contribution in [3.63, 3.8) is 0 Å². The molecule has 1 N–H and O–H groups in total. The highest BCUT2D eigenvalue weighted by molar-refractivity contribution is 9.10. The van der Waals surface area contributed by atoms with Gasteiger partial charge in [0.1, 0.15) is 23.6 Å². The van der Waals surface area contributed by atoms with Crippen LogP contribution in [0.3, 0.4) is 0 Å². The summed E-state index contributed by atoms with van der Waals surface area (Å²) in [7, 11) is 0. The Labute approximate surface area is 116 Å². The largest absolute Gasteiger partial charge is 0.383 e. The molecule has 0 aliphatic carbocycles. The molecule has 2 aromatic carbocycles. The van der Waals surface area contributed by atoms with E-state index in [1.807, 2.05) is 6.92 Å².